The monoisotopic (exact) mass is 436 g/mol. The van der Waals surface area contributed by atoms with Gasteiger partial charge in [-0.05, 0) is 49.2 Å². The molecule has 156 valence electrons. The summed E-state index contributed by atoms with van der Waals surface area (Å²) in [7, 11) is 0. The molecule has 10 heteroatoms. The number of alkyl halides is 3. The number of nitrogens with one attached hydrogen (secondary N) is 1. The number of likely N-dealkylation sites (tertiary alicyclic amines) is 1. The number of anilines is 1. The van der Waals surface area contributed by atoms with Crippen molar-refractivity contribution in [2.75, 3.05) is 11.9 Å². The molecular formula is C20H16ClF3N4O2. The zero-order chi connectivity index (χ0) is 21.3. The second kappa shape index (κ2) is 7.98. The van der Waals surface area contributed by atoms with Crippen molar-refractivity contribution in [2.24, 2.45) is 0 Å². The first-order chi connectivity index (χ1) is 14.3. The van der Waals surface area contributed by atoms with Gasteiger partial charge in [-0.15, -0.1) is 0 Å². The molecule has 0 spiro atoms. The van der Waals surface area contributed by atoms with E-state index in [-0.39, 0.29) is 5.69 Å². The highest BCUT2D eigenvalue weighted by atomic mass is 35.5. The fourth-order valence-electron chi connectivity index (χ4n) is 3.32. The summed E-state index contributed by atoms with van der Waals surface area (Å²) < 4.78 is 43.4. The number of halogens is 4. The number of carbonyl (C=O) groups excluding carboxylic acids is 1. The molecular weight excluding hydrogens is 421 g/mol. The minimum absolute atomic E-state index is 0.267. The summed E-state index contributed by atoms with van der Waals surface area (Å²) in [4.78, 5) is 18.6. The maximum Gasteiger partial charge on any atom is 0.416 e. The molecule has 1 atom stereocenters. The second-order valence-corrected chi connectivity index (χ2v) is 7.26. The van der Waals surface area contributed by atoms with E-state index in [1.54, 1.807) is 24.3 Å². The third kappa shape index (κ3) is 4.25. The highest BCUT2D eigenvalue weighted by molar-refractivity contribution is 6.30. The molecule has 2 amide bonds. The van der Waals surface area contributed by atoms with Crippen LogP contribution in [-0.4, -0.2) is 27.6 Å². The molecule has 1 fully saturated rings. The van der Waals surface area contributed by atoms with Crippen molar-refractivity contribution < 1.29 is 22.5 Å². The molecule has 0 bridgehead atoms. The van der Waals surface area contributed by atoms with Crippen LogP contribution in [0.1, 0.15) is 30.3 Å². The number of urea groups is 1. The van der Waals surface area contributed by atoms with E-state index in [1.165, 1.54) is 17.0 Å². The Morgan fingerprint density at radius 2 is 1.97 bits per heavy atom. The Labute approximate surface area is 174 Å². The summed E-state index contributed by atoms with van der Waals surface area (Å²) in [5.74, 6) is 0.660. The van der Waals surface area contributed by atoms with E-state index >= 15 is 0 Å². The lowest BCUT2D eigenvalue weighted by atomic mass is 10.2. The highest BCUT2D eigenvalue weighted by Gasteiger charge is 2.34. The number of amides is 2. The third-order valence-corrected chi connectivity index (χ3v) is 5.02. The zero-order valence-corrected chi connectivity index (χ0v) is 16.2. The van der Waals surface area contributed by atoms with E-state index in [4.69, 9.17) is 16.1 Å². The number of aromatic nitrogens is 2. The molecule has 30 heavy (non-hydrogen) atoms. The summed E-state index contributed by atoms with van der Waals surface area (Å²) in [6, 6.07) is 10.4. The van der Waals surface area contributed by atoms with Gasteiger partial charge in [0.05, 0.1) is 5.56 Å². The quantitative estimate of drug-likeness (QED) is 0.565. The largest absolute Gasteiger partial charge is 0.416 e. The van der Waals surface area contributed by atoms with Crippen LogP contribution in [0.15, 0.2) is 53.1 Å². The van der Waals surface area contributed by atoms with Crippen LogP contribution in [0.2, 0.25) is 5.02 Å². The Balaban J connectivity index is 1.48. The molecule has 1 N–H and O–H groups in total. The molecule has 0 radical (unpaired) electrons. The third-order valence-electron chi connectivity index (χ3n) is 4.79. The van der Waals surface area contributed by atoms with Crippen LogP contribution in [0, 0.1) is 0 Å². The zero-order valence-electron chi connectivity index (χ0n) is 15.5. The Bertz CT molecular complexity index is 1050. The van der Waals surface area contributed by atoms with E-state index in [9.17, 15) is 18.0 Å². The van der Waals surface area contributed by atoms with Crippen molar-refractivity contribution in [2.45, 2.75) is 25.1 Å². The molecule has 1 saturated heterocycles. The van der Waals surface area contributed by atoms with Crippen molar-refractivity contribution >= 4 is 23.3 Å². The Hall–Kier alpha value is -3.07. The van der Waals surface area contributed by atoms with Crippen LogP contribution < -0.4 is 5.32 Å². The summed E-state index contributed by atoms with van der Waals surface area (Å²) in [6.45, 7) is 0.464. The number of hydrogen-bond acceptors (Lipinski definition) is 4. The first-order valence-corrected chi connectivity index (χ1v) is 9.53. The molecule has 2 heterocycles. The van der Waals surface area contributed by atoms with Gasteiger partial charge >= 0.3 is 12.2 Å². The summed E-state index contributed by atoms with van der Waals surface area (Å²) in [5.41, 5.74) is 0.180. The van der Waals surface area contributed by atoms with Crippen molar-refractivity contribution in [1.82, 2.24) is 15.0 Å². The fourth-order valence-corrected chi connectivity index (χ4v) is 3.51. The predicted octanol–water partition coefficient (Wildman–Crippen LogP) is 5.78. The van der Waals surface area contributed by atoms with Gasteiger partial charge in [0, 0.05) is 22.8 Å². The first-order valence-electron chi connectivity index (χ1n) is 9.16. The summed E-state index contributed by atoms with van der Waals surface area (Å²) in [6.07, 6.45) is -3.06. The van der Waals surface area contributed by atoms with Crippen LogP contribution in [0.5, 0.6) is 0 Å². The standard InChI is InChI=1S/C20H16ClF3N4O2/c21-14-4-1-3-12(11-14)17-26-18(30-27-17)16-5-2-10-28(16)19(29)25-15-8-6-13(7-9-15)20(22,23)24/h1,3-4,6-9,11,16H,2,5,10H2,(H,25,29). The van der Waals surface area contributed by atoms with Gasteiger partial charge in [0.1, 0.15) is 6.04 Å². The van der Waals surface area contributed by atoms with Gasteiger partial charge in [-0.25, -0.2) is 4.79 Å². The van der Waals surface area contributed by atoms with Crippen molar-refractivity contribution in [1.29, 1.82) is 0 Å². The molecule has 4 rings (SSSR count). The number of rotatable bonds is 3. The van der Waals surface area contributed by atoms with Crippen LogP contribution in [0.25, 0.3) is 11.4 Å². The van der Waals surface area contributed by atoms with Gasteiger partial charge < -0.3 is 14.7 Å². The van der Waals surface area contributed by atoms with Crippen molar-refractivity contribution in [3.8, 4) is 11.4 Å². The van der Waals surface area contributed by atoms with Crippen LogP contribution in [0.4, 0.5) is 23.7 Å². The molecule has 0 aliphatic carbocycles. The second-order valence-electron chi connectivity index (χ2n) is 6.82. The normalized spacial score (nSPS) is 16.7. The number of nitrogens with zero attached hydrogens (tertiary/aromatic N) is 3. The lowest BCUT2D eigenvalue weighted by molar-refractivity contribution is -0.137. The van der Waals surface area contributed by atoms with Crippen molar-refractivity contribution in [3.05, 3.63) is 65.0 Å². The molecule has 3 aromatic rings. The number of carbonyl (C=O) groups is 1. The Morgan fingerprint density at radius 3 is 2.67 bits per heavy atom. The predicted molar refractivity (Wildman–Crippen MR) is 104 cm³/mol. The molecule has 1 unspecified atom stereocenters. The minimum atomic E-state index is -4.43. The smallest absolute Gasteiger partial charge is 0.337 e. The lowest BCUT2D eigenvalue weighted by Crippen LogP contribution is -2.34. The molecule has 0 saturated carbocycles. The molecule has 2 aromatic carbocycles. The molecule has 1 aliphatic heterocycles. The highest BCUT2D eigenvalue weighted by Crippen LogP contribution is 2.33. The number of benzene rings is 2. The van der Waals surface area contributed by atoms with E-state index in [2.05, 4.69) is 15.5 Å². The Kier molecular flexibility index (Phi) is 5.38. The molecule has 1 aromatic heterocycles. The molecule has 1 aliphatic rings. The van der Waals surface area contributed by atoms with E-state index in [1.807, 2.05) is 0 Å². The first kappa shape index (κ1) is 20.2. The maximum atomic E-state index is 12.7. The summed E-state index contributed by atoms with van der Waals surface area (Å²) >= 11 is 6.00. The van der Waals surface area contributed by atoms with Gasteiger partial charge in [-0.3, -0.25) is 0 Å². The van der Waals surface area contributed by atoms with E-state index in [0.29, 0.717) is 35.3 Å². The fraction of sp³-hybridized carbons (Fsp3) is 0.250. The summed E-state index contributed by atoms with van der Waals surface area (Å²) in [5, 5.41) is 7.13. The van der Waals surface area contributed by atoms with Crippen LogP contribution in [0.3, 0.4) is 0 Å². The van der Waals surface area contributed by atoms with Gasteiger partial charge in [0.25, 0.3) is 0 Å². The average molecular weight is 437 g/mol. The topological polar surface area (TPSA) is 71.3 Å². The SMILES string of the molecule is O=C(Nc1ccc(C(F)(F)F)cc1)N1CCCC1c1nc(-c2cccc(Cl)c2)no1. The van der Waals surface area contributed by atoms with E-state index < -0.39 is 23.8 Å². The molecule has 6 nitrogen and oxygen atoms in total. The van der Waals surface area contributed by atoms with Crippen LogP contribution >= 0.6 is 11.6 Å². The Morgan fingerprint density at radius 1 is 1.20 bits per heavy atom. The minimum Gasteiger partial charge on any atom is -0.337 e. The maximum absolute atomic E-state index is 12.7. The van der Waals surface area contributed by atoms with Gasteiger partial charge in [0.2, 0.25) is 11.7 Å². The van der Waals surface area contributed by atoms with E-state index in [0.717, 1.165) is 18.6 Å². The van der Waals surface area contributed by atoms with Crippen LogP contribution in [-0.2, 0) is 6.18 Å². The van der Waals surface area contributed by atoms with Gasteiger partial charge in [-0.2, -0.15) is 18.2 Å². The lowest BCUT2D eigenvalue weighted by Gasteiger charge is -2.22. The van der Waals surface area contributed by atoms with Crippen molar-refractivity contribution in [3.63, 3.8) is 0 Å². The van der Waals surface area contributed by atoms with Gasteiger partial charge in [-0.1, -0.05) is 28.9 Å². The number of hydrogen-bond donors (Lipinski definition) is 1. The average Bonchev–Trinajstić information content (AvgIpc) is 3.37. The van der Waals surface area contributed by atoms with Gasteiger partial charge in [0.15, 0.2) is 0 Å².